The first-order valence-electron chi connectivity index (χ1n) is 10.7. The molecule has 0 spiro atoms. The van der Waals surface area contributed by atoms with Crippen molar-refractivity contribution < 1.29 is 9.18 Å². The lowest BCUT2D eigenvalue weighted by Crippen LogP contribution is -2.43. The molecule has 1 amide bonds. The molecule has 0 aliphatic rings. The third-order valence-corrected chi connectivity index (χ3v) is 5.12. The summed E-state index contributed by atoms with van der Waals surface area (Å²) in [5.41, 5.74) is 2.10. The number of hydrogen-bond acceptors (Lipinski definition) is 3. The minimum atomic E-state index is -0.301. The molecule has 2 rings (SSSR count). The molecule has 0 saturated heterocycles. The van der Waals surface area contributed by atoms with Gasteiger partial charge >= 0.3 is 0 Å². The summed E-state index contributed by atoms with van der Waals surface area (Å²) in [6.45, 7) is 5.00. The first kappa shape index (κ1) is 27.8. The number of nitrogens with zero attached hydrogens (tertiary/aromatic N) is 2. The van der Waals surface area contributed by atoms with Gasteiger partial charge in [0.05, 0.1) is 6.42 Å². The summed E-state index contributed by atoms with van der Waals surface area (Å²) >= 11 is 0. The Labute approximate surface area is 208 Å². The Bertz CT molecular complexity index is 817. The summed E-state index contributed by atoms with van der Waals surface area (Å²) in [6, 6.07) is 16.8. The average molecular weight is 555 g/mol. The van der Waals surface area contributed by atoms with E-state index in [2.05, 4.69) is 64.1 Å². The molecule has 0 heterocycles. The monoisotopic (exact) mass is 555 g/mol. The number of carbonyl (C=O) groups excluding carboxylic acids is 1. The van der Waals surface area contributed by atoms with E-state index in [9.17, 15) is 9.18 Å². The van der Waals surface area contributed by atoms with Crippen LogP contribution in [0.1, 0.15) is 24.5 Å². The topological polar surface area (TPSA) is 68.8 Å². The molecular formula is C24H35FIN5O. The van der Waals surface area contributed by atoms with E-state index in [4.69, 9.17) is 0 Å². The fourth-order valence-electron chi connectivity index (χ4n) is 3.10. The van der Waals surface area contributed by atoms with Crippen molar-refractivity contribution in [3.63, 3.8) is 0 Å². The zero-order chi connectivity index (χ0) is 22.5. The van der Waals surface area contributed by atoms with Gasteiger partial charge in [0.15, 0.2) is 5.96 Å². The Kier molecular flexibility index (Phi) is 13.5. The number of rotatable bonds is 11. The number of benzene rings is 2. The molecule has 0 radical (unpaired) electrons. The predicted molar refractivity (Wildman–Crippen MR) is 140 cm³/mol. The minimum Gasteiger partial charge on any atom is -0.356 e. The van der Waals surface area contributed by atoms with Crippen LogP contribution >= 0.6 is 24.0 Å². The van der Waals surface area contributed by atoms with E-state index in [-0.39, 0.29) is 42.1 Å². The molecule has 0 aliphatic heterocycles. The largest absolute Gasteiger partial charge is 0.356 e. The van der Waals surface area contributed by atoms with Crippen LogP contribution in [0.15, 0.2) is 59.6 Å². The number of hydrogen-bond donors (Lipinski definition) is 3. The smallest absolute Gasteiger partial charge is 0.224 e. The number of halogens is 2. The summed E-state index contributed by atoms with van der Waals surface area (Å²) in [5, 5.41) is 9.37. The first-order chi connectivity index (χ1) is 15.0. The lowest BCUT2D eigenvalue weighted by molar-refractivity contribution is -0.120. The standard InChI is InChI=1S/C24H34FN5O.HI/c1-19(30(3)18-21-7-5-4-6-8-21)13-14-28-24(26-2)29-16-15-27-23(31)17-20-9-11-22(25)12-10-20;/h4-12,19H,13-18H2,1-3H3,(H,27,31)(H2,26,28,29);1H. The molecule has 0 aliphatic carbocycles. The van der Waals surface area contributed by atoms with Crippen molar-refractivity contribution in [1.29, 1.82) is 0 Å². The van der Waals surface area contributed by atoms with E-state index in [1.165, 1.54) is 17.7 Å². The van der Waals surface area contributed by atoms with Crippen molar-refractivity contribution in [2.24, 2.45) is 4.99 Å². The number of amides is 1. The molecule has 2 aromatic rings. The first-order valence-corrected chi connectivity index (χ1v) is 10.7. The molecule has 0 fully saturated rings. The van der Waals surface area contributed by atoms with Gasteiger partial charge in [-0.1, -0.05) is 42.5 Å². The Hall–Kier alpha value is -2.20. The lowest BCUT2D eigenvalue weighted by Gasteiger charge is -2.25. The third kappa shape index (κ3) is 10.9. The molecule has 8 heteroatoms. The Morgan fingerprint density at radius 3 is 2.25 bits per heavy atom. The van der Waals surface area contributed by atoms with Gasteiger partial charge in [-0.3, -0.25) is 14.7 Å². The molecule has 0 bridgehead atoms. The highest BCUT2D eigenvalue weighted by Gasteiger charge is 2.10. The summed E-state index contributed by atoms with van der Waals surface area (Å²) in [7, 11) is 3.87. The molecule has 1 unspecified atom stereocenters. The average Bonchev–Trinajstić information content (AvgIpc) is 2.77. The molecule has 32 heavy (non-hydrogen) atoms. The molecule has 6 nitrogen and oxygen atoms in total. The number of carbonyl (C=O) groups is 1. The Morgan fingerprint density at radius 2 is 1.59 bits per heavy atom. The van der Waals surface area contributed by atoms with Gasteiger partial charge < -0.3 is 16.0 Å². The van der Waals surface area contributed by atoms with E-state index in [1.807, 2.05) is 6.07 Å². The van der Waals surface area contributed by atoms with Crippen LogP contribution in [0.5, 0.6) is 0 Å². The van der Waals surface area contributed by atoms with Gasteiger partial charge in [0.2, 0.25) is 5.91 Å². The third-order valence-electron chi connectivity index (χ3n) is 5.12. The summed E-state index contributed by atoms with van der Waals surface area (Å²) < 4.78 is 12.9. The van der Waals surface area contributed by atoms with E-state index in [0.29, 0.717) is 25.1 Å². The highest BCUT2D eigenvalue weighted by molar-refractivity contribution is 14.0. The van der Waals surface area contributed by atoms with E-state index < -0.39 is 0 Å². The van der Waals surface area contributed by atoms with Crippen LogP contribution < -0.4 is 16.0 Å². The number of aliphatic imine (C=N–C) groups is 1. The van der Waals surface area contributed by atoms with Gasteiger partial charge in [0.1, 0.15) is 5.82 Å². The molecule has 0 aromatic heterocycles. The lowest BCUT2D eigenvalue weighted by atomic mass is 10.1. The van der Waals surface area contributed by atoms with Crippen molar-refractivity contribution >= 4 is 35.8 Å². The van der Waals surface area contributed by atoms with Crippen molar-refractivity contribution in [1.82, 2.24) is 20.9 Å². The molecule has 0 saturated carbocycles. The van der Waals surface area contributed by atoms with Crippen LogP contribution in [0, 0.1) is 5.82 Å². The molecule has 3 N–H and O–H groups in total. The highest BCUT2D eigenvalue weighted by Crippen LogP contribution is 2.08. The number of nitrogens with one attached hydrogen (secondary N) is 3. The van der Waals surface area contributed by atoms with E-state index in [0.717, 1.165) is 25.1 Å². The Morgan fingerprint density at radius 1 is 0.969 bits per heavy atom. The van der Waals surface area contributed by atoms with Crippen LogP contribution in [0.25, 0.3) is 0 Å². The van der Waals surface area contributed by atoms with Gasteiger partial charge in [-0.05, 0) is 43.7 Å². The fourth-order valence-corrected chi connectivity index (χ4v) is 3.10. The zero-order valence-corrected chi connectivity index (χ0v) is 21.4. The maximum absolute atomic E-state index is 12.9. The van der Waals surface area contributed by atoms with Crippen molar-refractivity contribution in [3.05, 3.63) is 71.5 Å². The summed E-state index contributed by atoms with van der Waals surface area (Å²) in [5.74, 6) is 0.321. The second-order valence-electron chi connectivity index (χ2n) is 7.62. The molecular weight excluding hydrogens is 520 g/mol. The maximum atomic E-state index is 12.9. The van der Waals surface area contributed by atoms with Crippen LogP contribution in [0.3, 0.4) is 0 Å². The fraction of sp³-hybridized carbons (Fsp3) is 0.417. The van der Waals surface area contributed by atoms with Crippen LogP contribution in [0.2, 0.25) is 0 Å². The Balaban J connectivity index is 0.00000512. The predicted octanol–water partition coefficient (Wildman–Crippen LogP) is 3.18. The quantitative estimate of drug-likeness (QED) is 0.173. The normalized spacial score (nSPS) is 12.1. The maximum Gasteiger partial charge on any atom is 0.224 e. The minimum absolute atomic E-state index is 0. The van der Waals surface area contributed by atoms with Crippen LogP contribution in [-0.2, 0) is 17.8 Å². The number of guanidine groups is 1. The van der Waals surface area contributed by atoms with Crippen LogP contribution in [0.4, 0.5) is 4.39 Å². The molecule has 1 atom stereocenters. The summed E-state index contributed by atoms with van der Waals surface area (Å²) in [4.78, 5) is 18.5. The van der Waals surface area contributed by atoms with Gasteiger partial charge in [-0.15, -0.1) is 24.0 Å². The van der Waals surface area contributed by atoms with Gasteiger partial charge in [0.25, 0.3) is 0 Å². The van der Waals surface area contributed by atoms with Crippen molar-refractivity contribution in [2.45, 2.75) is 32.4 Å². The van der Waals surface area contributed by atoms with Crippen molar-refractivity contribution in [3.8, 4) is 0 Å². The van der Waals surface area contributed by atoms with E-state index >= 15 is 0 Å². The van der Waals surface area contributed by atoms with Gasteiger partial charge in [-0.25, -0.2) is 4.39 Å². The van der Waals surface area contributed by atoms with E-state index in [1.54, 1.807) is 19.2 Å². The van der Waals surface area contributed by atoms with Crippen LogP contribution in [-0.4, -0.2) is 56.5 Å². The molecule has 176 valence electrons. The second kappa shape index (κ2) is 15.6. The highest BCUT2D eigenvalue weighted by atomic mass is 127. The SMILES string of the molecule is CN=C(NCCNC(=O)Cc1ccc(F)cc1)NCCC(C)N(C)Cc1ccccc1.I. The zero-order valence-electron chi connectivity index (χ0n) is 19.1. The van der Waals surface area contributed by atoms with Gasteiger partial charge in [0, 0.05) is 39.3 Å². The molecule has 2 aromatic carbocycles. The second-order valence-corrected chi connectivity index (χ2v) is 7.62. The van der Waals surface area contributed by atoms with Gasteiger partial charge in [-0.2, -0.15) is 0 Å². The summed E-state index contributed by atoms with van der Waals surface area (Å²) in [6.07, 6.45) is 1.22. The van der Waals surface area contributed by atoms with Crippen molar-refractivity contribution in [2.75, 3.05) is 33.7 Å².